The lowest BCUT2D eigenvalue weighted by Gasteiger charge is -2.11. The minimum absolute atomic E-state index is 0.0766. The zero-order valence-corrected chi connectivity index (χ0v) is 17.5. The number of nitrogens with zero attached hydrogens (tertiary/aromatic N) is 1. The van der Waals surface area contributed by atoms with Crippen molar-refractivity contribution in [1.29, 1.82) is 0 Å². The SMILES string of the molecule is CCC(=O)Nc1cccc(NC(=O)c2ccccc2Sc2ccc(Br)cn2)c1. The van der Waals surface area contributed by atoms with E-state index in [4.69, 9.17) is 0 Å². The molecule has 0 atom stereocenters. The quantitative estimate of drug-likeness (QED) is 0.507. The summed E-state index contributed by atoms with van der Waals surface area (Å²) in [4.78, 5) is 29.6. The number of benzene rings is 2. The molecule has 2 N–H and O–H groups in total. The van der Waals surface area contributed by atoms with Gasteiger partial charge in [0.05, 0.1) is 5.56 Å². The van der Waals surface area contributed by atoms with Crippen LogP contribution in [0.25, 0.3) is 0 Å². The van der Waals surface area contributed by atoms with Crippen molar-refractivity contribution in [3.05, 3.63) is 76.9 Å². The molecular weight excluding hydrogens is 438 g/mol. The number of nitrogens with one attached hydrogen (secondary N) is 2. The number of anilines is 2. The van der Waals surface area contributed by atoms with Gasteiger partial charge in [0.2, 0.25) is 5.91 Å². The second-order valence-electron chi connectivity index (χ2n) is 5.85. The van der Waals surface area contributed by atoms with E-state index in [0.29, 0.717) is 23.4 Å². The topological polar surface area (TPSA) is 71.1 Å². The van der Waals surface area contributed by atoms with Crippen LogP contribution in [0.4, 0.5) is 11.4 Å². The van der Waals surface area contributed by atoms with Crippen LogP contribution >= 0.6 is 27.7 Å². The number of carbonyl (C=O) groups excluding carboxylic acids is 2. The summed E-state index contributed by atoms with van der Waals surface area (Å²) in [6.45, 7) is 1.79. The third-order valence-electron chi connectivity index (χ3n) is 3.77. The van der Waals surface area contributed by atoms with Gasteiger partial charge in [-0.3, -0.25) is 9.59 Å². The van der Waals surface area contributed by atoms with Crippen molar-refractivity contribution in [2.24, 2.45) is 0 Å². The highest BCUT2D eigenvalue weighted by Crippen LogP contribution is 2.30. The molecule has 2 amide bonds. The van der Waals surface area contributed by atoms with E-state index in [1.165, 1.54) is 11.8 Å². The molecule has 0 unspecified atom stereocenters. The van der Waals surface area contributed by atoms with Crippen molar-refractivity contribution >= 4 is 50.9 Å². The van der Waals surface area contributed by atoms with E-state index in [1.54, 1.807) is 43.5 Å². The van der Waals surface area contributed by atoms with Crippen molar-refractivity contribution < 1.29 is 9.59 Å². The Morgan fingerprint density at radius 1 is 1.00 bits per heavy atom. The van der Waals surface area contributed by atoms with Crippen LogP contribution in [0, 0.1) is 0 Å². The van der Waals surface area contributed by atoms with Gasteiger partial charge in [-0.2, -0.15) is 0 Å². The minimum atomic E-state index is -0.223. The predicted molar refractivity (Wildman–Crippen MR) is 116 cm³/mol. The average molecular weight is 456 g/mol. The summed E-state index contributed by atoms with van der Waals surface area (Å²) in [6, 6.07) is 18.3. The summed E-state index contributed by atoms with van der Waals surface area (Å²) in [7, 11) is 0. The van der Waals surface area contributed by atoms with Gasteiger partial charge in [0.25, 0.3) is 5.91 Å². The maximum atomic E-state index is 12.8. The van der Waals surface area contributed by atoms with Gasteiger partial charge in [-0.25, -0.2) is 4.98 Å². The third-order valence-corrected chi connectivity index (χ3v) is 5.27. The van der Waals surface area contributed by atoms with Crippen molar-refractivity contribution in [2.75, 3.05) is 10.6 Å². The molecule has 0 radical (unpaired) electrons. The van der Waals surface area contributed by atoms with Crippen molar-refractivity contribution in [3.63, 3.8) is 0 Å². The fourth-order valence-electron chi connectivity index (χ4n) is 2.40. The lowest BCUT2D eigenvalue weighted by molar-refractivity contribution is -0.115. The molecule has 5 nitrogen and oxygen atoms in total. The van der Waals surface area contributed by atoms with Gasteiger partial charge in [-0.1, -0.05) is 36.9 Å². The van der Waals surface area contributed by atoms with E-state index in [9.17, 15) is 9.59 Å². The van der Waals surface area contributed by atoms with E-state index in [-0.39, 0.29) is 11.8 Å². The lowest BCUT2D eigenvalue weighted by Crippen LogP contribution is -2.14. The number of hydrogen-bond donors (Lipinski definition) is 2. The van der Waals surface area contributed by atoms with E-state index in [1.807, 2.05) is 30.3 Å². The second-order valence-corrected chi connectivity index (χ2v) is 7.83. The number of amides is 2. The van der Waals surface area contributed by atoms with Crippen LogP contribution in [0.5, 0.6) is 0 Å². The molecule has 142 valence electrons. The van der Waals surface area contributed by atoms with Crippen LogP contribution in [0.15, 0.2) is 81.3 Å². The Morgan fingerprint density at radius 2 is 1.75 bits per heavy atom. The molecule has 0 bridgehead atoms. The molecule has 0 fully saturated rings. The van der Waals surface area contributed by atoms with Crippen LogP contribution in [0.2, 0.25) is 0 Å². The number of carbonyl (C=O) groups is 2. The first-order valence-electron chi connectivity index (χ1n) is 8.65. The Balaban J connectivity index is 1.77. The zero-order chi connectivity index (χ0) is 19.9. The van der Waals surface area contributed by atoms with Gasteiger partial charge in [0, 0.05) is 33.4 Å². The first-order chi connectivity index (χ1) is 13.5. The Hall–Kier alpha value is -2.64. The highest BCUT2D eigenvalue weighted by Gasteiger charge is 2.13. The summed E-state index contributed by atoms with van der Waals surface area (Å²) < 4.78 is 0.901. The fourth-order valence-corrected chi connectivity index (χ4v) is 3.52. The number of rotatable bonds is 6. The summed E-state index contributed by atoms with van der Waals surface area (Å²) >= 11 is 4.80. The summed E-state index contributed by atoms with van der Waals surface area (Å²) in [5.41, 5.74) is 1.81. The molecule has 2 aromatic carbocycles. The molecule has 1 heterocycles. The molecule has 1 aromatic heterocycles. The standard InChI is InChI=1S/C21H18BrN3O2S/c1-2-19(26)24-15-6-5-7-16(12-15)25-21(27)17-8-3-4-9-18(17)28-20-11-10-14(22)13-23-20/h3-13H,2H2,1H3,(H,24,26)(H,25,27). The molecule has 3 rings (SSSR count). The number of halogens is 1. The smallest absolute Gasteiger partial charge is 0.256 e. The van der Waals surface area contributed by atoms with Gasteiger partial charge >= 0.3 is 0 Å². The molecule has 3 aromatic rings. The van der Waals surface area contributed by atoms with Crippen LogP contribution in [0.3, 0.4) is 0 Å². The molecule has 0 spiro atoms. The van der Waals surface area contributed by atoms with E-state index >= 15 is 0 Å². The maximum Gasteiger partial charge on any atom is 0.256 e. The minimum Gasteiger partial charge on any atom is -0.326 e. The summed E-state index contributed by atoms with van der Waals surface area (Å²) in [6.07, 6.45) is 2.12. The van der Waals surface area contributed by atoms with Gasteiger partial charge < -0.3 is 10.6 Å². The van der Waals surface area contributed by atoms with Crippen LogP contribution in [-0.4, -0.2) is 16.8 Å². The van der Waals surface area contributed by atoms with E-state index in [2.05, 4.69) is 31.5 Å². The first-order valence-corrected chi connectivity index (χ1v) is 10.3. The molecule has 7 heteroatoms. The Bertz CT molecular complexity index is 993. The average Bonchev–Trinajstić information content (AvgIpc) is 2.70. The maximum absolute atomic E-state index is 12.8. The van der Waals surface area contributed by atoms with Gasteiger partial charge in [0.1, 0.15) is 5.03 Å². The Labute approximate surface area is 176 Å². The first kappa shape index (κ1) is 20.1. The van der Waals surface area contributed by atoms with Crippen molar-refractivity contribution in [3.8, 4) is 0 Å². The molecule has 0 aliphatic heterocycles. The number of pyridine rings is 1. The van der Waals surface area contributed by atoms with E-state index < -0.39 is 0 Å². The molecule has 0 saturated heterocycles. The van der Waals surface area contributed by atoms with Gasteiger partial charge in [0.15, 0.2) is 0 Å². The van der Waals surface area contributed by atoms with Crippen LogP contribution < -0.4 is 10.6 Å². The summed E-state index contributed by atoms with van der Waals surface area (Å²) in [5, 5.41) is 6.48. The Kier molecular flexibility index (Phi) is 6.84. The fraction of sp³-hybridized carbons (Fsp3) is 0.0952. The molecule has 0 aliphatic carbocycles. The number of hydrogen-bond acceptors (Lipinski definition) is 4. The molecule has 0 saturated carbocycles. The second kappa shape index (κ2) is 9.52. The molecule has 28 heavy (non-hydrogen) atoms. The zero-order valence-electron chi connectivity index (χ0n) is 15.1. The predicted octanol–water partition coefficient (Wildman–Crippen LogP) is 5.60. The van der Waals surface area contributed by atoms with E-state index in [0.717, 1.165) is 14.4 Å². The van der Waals surface area contributed by atoms with Crippen molar-refractivity contribution in [1.82, 2.24) is 4.98 Å². The monoisotopic (exact) mass is 455 g/mol. The Morgan fingerprint density at radius 3 is 2.46 bits per heavy atom. The normalized spacial score (nSPS) is 10.4. The van der Waals surface area contributed by atoms with Crippen LogP contribution in [-0.2, 0) is 4.79 Å². The molecular formula is C21H18BrN3O2S. The number of aromatic nitrogens is 1. The highest BCUT2D eigenvalue weighted by molar-refractivity contribution is 9.10. The third kappa shape index (κ3) is 5.43. The van der Waals surface area contributed by atoms with Gasteiger partial charge in [-0.15, -0.1) is 0 Å². The van der Waals surface area contributed by atoms with Crippen LogP contribution in [0.1, 0.15) is 23.7 Å². The largest absolute Gasteiger partial charge is 0.326 e. The van der Waals surface area contributed by atoms with Gasteiger partial charge in [-0.05, 0) is 58.4 Å². The highest BCUT2D eigenvalue weighted by atomic mass is 79.9. The summed E-state index contributed by atoms with van der Waals surface area (Å²) in [5.74, 6) is -0.300. The van der Waals surface area contributed by atoms with Crippen molar-refractivity contribution in [2.45, 2.75) is 23.3 Å². The lowest BCUT2D eigenvalue weighted by atomic mass is 10.2. The molecule has 0 aliphatic rings.